The summed E-state index contributed by atoms with van der Waals surface area (Å²) >= 11 is 0. The van der Waals surface area contributed by atoms with E-state index in [0.717, 1.165) is 18.5 Å². The Bertz CT molecular complexity index is 1300. The highest BCUT2D eigenvalue weighted by Gasteiger charge is 2.14. The van der Waals surface area contributed by atoms with Crippen LogP contribution in [0.4, 0.5) is 15.1 Å². The number of oxazole rings is 1. The normalized spacial score (nSPS) is 11.0. The monoisotopic (exact) mass is 493 g/mol. The van der Waals surface area contributed by atoms with Crippen LogP contribution in [0.3, 0.4) is 0 Å². The largest absolute Gasteiger partial charge is 0.480 e. The molecule has 4 aromatic rings. The lowest BCUT2D eigenvalue weighted by Crippen LogP contribution is -2.31. The molecular weight excluding hydrogens is 465 g/mol. The number of para-hydroxylation sites is 2. The Labute approximate surface area is 207 Å². The zero-order valence-electron chi connectivity index (χ0n) is 19.9. The molecule has 0 saturated carbocycles. The number of ether oxygens (including phenoxy) is 1. The Morgan fingerprint density at radius 1 is 1.17 bits per heavy atom. The lowest BCUT2D eigenvalue weighted by Gasteiger charge is -2.12. The first-order chi connectivity index (χ1) is 17.6. The molecule has 10 nitrogen and oxygen atoms in total. The van der Waals surface area contributed by atoms with Gasteiger partial charge in [-0.3, -0.25) is 5.32 Å². The fraction of sp³-hybridized carbons (Fsp3) is 0.280. The number of carbonyl (C=O) groups is 1. The minimum atomic E-state index is -0.488. The van der Waals surface area contributed by atoms with Gasteiger partial charge < -0.3 is 25.5 Å². The Balaban J connectivity index is 1.34. The average molecular weight is 494 g/mol. The van der Waals surface area contributed by atoms with Crippen molar-refractivity contribution in [3.05, 3.63) is 65.9 Å². The van der Waals surface area contributed by atoms with Crippen LogP contribution in [0.15, 0.2) is 53.1 Å². The van der Waals surface area contributed by atoms with Crippen LogP contribution in [-0.2, 0) is 13.0 Å². The summed E-state index contributed by atoms with van der Waals surface area (Å²) in [7, 11) is 1.45. The van der Waals surface area contributed by atoms with Gasteiger partial charge in [0, 0.05) is 31.3 Å². The molecule has 2 heterocycles. The highest BCUT2D eigenvalue weighted by molar-refractivity contribution is 5.87. The van der Waals surface area contributed by atoms with E-state index in [4.69, 9.17) is 14.9 Å². The summed E-state index contributed by atoms with van der Waals surface area (Å²) in [6, 6.07) is 11.9. The van der Waals surface area contributed by atoms with Gasteiger partial charge in [0.2, 0.25) is 11.8 Å². The quantitative estimate of drug-likeness (QED) is 0.234. The number of anilines is 1. The van der Waals surface area contributed by atoms with Crippen molar-refractivity contribution in [3.8, 4) is 17.0 Å². The number of amides is 2. The maximum atomic E-state index is 14.6. The molecule has 2 amide bonds. The number of aromatic nitrogens is 3. The molecule has 0 aliphatic carbocycles. The van der Waals surface area contributed by atoms with Crippen LogP contribution in [-0.4, -0.2) is 47.7 Å². The second kappa shape index (κ2) is 12.0. The number of hydrogen-bond acceptors (Lipinski definition) is 8. The number of hydrogen-bond donors (Lipinski definition) is 4. The Morgan fingerprint density at radius 2 is 2.03 bits per heavy atom. The number of nitrogens with one attached hydrogen (secondary N) is 3. The number of fused-ring (bicyclic) bond motifs is 1. The summed E-state index contributed by atoms with van der Waals surface area (Å²) in [6.45, 7) is 2.02. The van der Waals surface area contributed by atoms with Gasteiger partial charge in [-0.05, 0) is 43.3 Å². The number of benzene rings is 2. The summed E-state index contributed by atoms with van der Waals surface area (Å²) in [4.78, 5) is 25.1. The van der Waals surface area contributed by atoms with Crippen LogP contribution in [0.25, 0.3) is 22.2 Å². The maximum Gasteiger partial charge on any atom is 0.321 e. The van der Waals surface area contributed by atoms with Crippen LogP contribution in [0.2, 0.25) is 0 Å². The molecular formula is C25H28FN7O3. The van der Waals surface area contributed by atoms with E-state index in [1.165, 1.54) is 19.4 Å². The highest BCUT2D eigenvalue weighted by atomic mass is 19.1. The van der Waals surface area contributed by atoms with Crippen LogP contribution in [0.1, 0.15) is 17.9 Å². The smallest absolute Gasteiger partial charge is 0.321 e. The summed E-state index contributed by atoms with van der Waals surface area (Å²) in [5, 5.41) is 8.44. The zero-order valence-corrected chi connectivity index (χ0v) is 19.9. The van der Waals surface area contributed by atoms with E-state index in [2.05, 4.69) is 30.9 Å². The van der Waals surface area contributed by atoms with Crippen molar-refractivity contribution >= 4 is 23.1 Å². The van der Waals surface area contributed by atoms with Crippen molar-refractivity contribution in [2.24, 2.45) is 5.73 Å². The van der Waals surface area contributed by atoms with Gasteiger partial charge in [0.15, 0.2) is 11.5 Å². The Hall–Kier alpha value is -4.09. The lowest BCUT2D eigenvalue weighted by atomic mass is 10.1. The SMILES string of the molecule is COc1nc(NC(=O)NCCc2nc3ccccc3o2)ncc1-c1ccc(CNCCCN)c(F)c1. The van der Waals surface area contributed by atoms with Gasteiger partial charge in [-0.2, -0.15) is 4.98 Å². The lowest BCUT2D eigenvalue weighted by molar-refractivity contribution is 0.252. The van der Waals surface area contributed by atoms with Crippen LogP contribution in [0.5, 0.6) is 5.88 Å². The van der Waals surface area contributed by atoms with Gasteiger partial charge in [0.25, 0.3) is 0 Å². The number of halogens is 1. The van der Waals surface area contributed by atoms with E-state index in [1.807, 2.05) is 24.3 Å². The van der Waals surface area contributed by atoms with E-state index >= 15 is 0 Å². The molecule has 2 aromatic heterocycles. The molecule has 0 bridgehead atoms. The van der Waals surface area contributed by atoms with E-state index < -0.39 is 6.03 Å². The van der Waals surface area contributed by atoms with Gasteiger partial charge in [-0.15, -0.1) is 0 Å². The van der Waals surface area contributed by atoms with Gasteiger partial charge in [0.05, 0.1) is 12.7 Å². The third-order valence-corrected chi connectivity index (χ3v) is 5.37. The van der Waals surface area contributed by atoms with Crippen molar-refractivity contribution in [3.63, 3.8) is 0 Å². The van der Waals surface area contributed by atoms with Crippen molar-refractivity contribution < 1.29 is 18.3 Å². The van der Waals surface area contributed by atoms with E-state index in [-0.39, 0.29) is 17.6 Å². The molecule has 0 aliphatic heterocycles. The summed E-state index contributed by atoms with van der Waals surface area (Å²) in [5.41, 5.74) is 8.55. The number of carbonyl (C=O) groups excluding carboxylic acids is 1. The topological polar surface area (TPSA) is 140 Å². The highest BCUT2D eigenvalue weighted by Crippen LogP contribution is 2.29. The molecule has 0 aliphatic rings. The first kappa shape index (κ1) is 25.0. The first-order valence-electron chi connectivity index (χ1n) is 11.6. The van der Waals surface area contributed by atoms with Crippen molar-refractivity contribution in [1.29, 1.82) is 0 Å². The van der Waals surface area contributed by atoms with E-state index in [1.54, 1.807) is 12.1 Å². The fourth-order valence-electron chi connectivity index (χ4n) is 3.54. The number of methoxy groups -OCH3 is 1. The number of urea groups is 1. The summed E-state index contributed by atoms with van der Waals surface area (Å²) in [5.74, 6) is 0.440. The maximum absolute atomic E-state index is 14.6. The first-order valence-corrected chi connectivity index (χ1v) is 11.6. The molecule has 4 rings (SSSR count). The van der Waals surface area contributed by atoms with Gasteiger partial charge in [0.1, 0.15) is 11.3 Å². The average Bonchev–Trinajstić information content (AvgIpc) is 3.30. The molecule has 0 spiro atoms. The Kier molecular flexibility index (Phi) is 8.37. The zero-order chi connectivity index (χ0) is 25.3. The standard InChI is InChI=1S/C25H28FN7O3/c1-35-23-18(16-7-8-17(19(26)13-16)14-28-11-4-10-27)15-30-24(32-23)33-25(34)29-12-9-22-31-20-5-2-3-6-21(20)36-22/h2-3,5-8,13,15,28H,4,9-12,14,27H2,1H3,(H2,29,30,32,33,34). The van der Waals surface area contributed by atoms with E-state index in [9.17, 15) is 9.18 Å². The third-order valence-electron chi connectivity index (χ3n) is 5.37. The molecule has 2 aromatic carbocycles. The molecule has 0 unspecified atom stereocenters. The molecule has 11 heteroatoms. The van der Waals surface area contributed by atoms with Gasteiger partial charge >= 0.3 is 6.03 Å². The molecule has 0 fully saturated rings. The fourth-order valence-corrected chi connectivity index (χ4v) is 3.54. The second-order valence-corrected chi connectivity index (χ2v) is 7.95. The van der Waals surface area contributed by atoms with Gasteiger partial charge in [-0.25, -0.2) is 19.2 Å². The molecule has 36 heavy (non-hydrogen) atoms. The predicted molar refractivity (Wildman–Crippen MR) is 134 cm³/mol. The number of rotatable bonds is 11. The Morgan fingerprint density at radius 3 is 2.81 bits per heavy atom. The van der Waals surface area contributed by atoms with Crippen LogP contribution in [0, 0.1) is 5.82 Å². The molecule has 0 radical (unpaired) electrons. The van der Waals surface area contributed by atoms with Crippen LogP contribution < -0.4 is 26.4 Å². The van der Waals surface area contributed by atoms with Gasteiger partial charge in [-0.1, -0.05) is 24.3 Å². The van der Waals surface area contributed by atoms with Crippen molar-refractivity contribution in [2.75, 3.05) is 32.1 Å². The minimum absolute atomic E-state index is 0.0520. The predicted octanol–water partition coefficient (Wildman–Crippen LogP) is 3.24. The van der Waals surface area contributed by atoms with E-state index in [0.29, 0.717) is 54.2 Å². The number of nitrogens with two attached hydrogens (primary N) is 1. The molecule has 5 N–H and O–H groups in total. The third kappa shape index (κ3) is 6.32. The molecule has 0 saturated heterocycles. The second-order valence-electron chi connectivity index (χ2n) is 7.95. The molecule has 188 valence electrons. The summed E-state index contributed by atoms with van der Waals surface area (Å²) < 4.78 is 25.6. The van der Waals surface area contributed by atoms with Crippen LogP contribution >= 0.6 is 0 Å². The number of nitrogens with zero attached hydrogens (tertiary/aromatic N) is 3. The molecule has 0 atom stereocenters. The minimum Gasteiger partial charge on any atom is -0.480 e. The summed E-state index contributed by atoms with van der Waals surface area (Å²) in [6.07, 6.45) is 2.73. The van der Waals surface area contributed by atoms with Crippen molar-refractivity contribution in [1.82, 2.24) is 25.6 Å². The van der Waals surface area contributed by atoms with Crippen molar-refractivity contribution in [2.45, 2.75) is 19.4 Å².